The number of hydrogen-bond donors (Lipinski definition) is 1. The third-order valence-electron chi connectivity index (χ3n) is 5.08. The Hall–Kier alpha value is -2.96. The van der Waals surface area contributed by atoms with E-state index in [1.807, 2.05) is 32.0 Å². The predicted octanol–water partition coefficient (Wildman–Crippen LogP) is 2.95. The SMILES string of the molecule is C=CC(=O)N(CC)CC(=O)Nc1cc(-c2nnc3n2CCCCC3)ccc1C. The van der Waals surface area contributed by atoms with Crippen LogP contribution in [0.4, 0.5) is 5.69 Å². The Balaban J connectivity index is 1.81. The molecular weight excluding hydrogens is 354 g/mol. The van der Waals surface area contributed by atoms with Crippen molar-refractivity contribution in [1.29, 1.82) is 0 Å². The maximum Gasteiger partial charge on any atom is 0.246 e. The molecule has 3 rings (SSSR count). The fourth-order valence-electron chi connectivity index (χ4n) is 3.43. The smallest absolute Gasteiger partial charge is 0.246 e. The van der Waals surface area contributed by atoms with E-state index in [1.54, 1.807) is 0 Å². The lowest BCUT2D eigenvalue weighted by molar-refractivity contribution is -0.130. The molecule has 0 bridgehead atoms. The first-order valence-electron chi connectivity index (χ1n) is 9.77. The van der Waals surface area contributed by atoms with E-state index < -0.39 is 0 Å². The van der Waals surface area contributed by atoms with Gasteiger partial charge in [-0.15, -0.1) is 10.2 Å². The van der Waals surface area contributed by atoms with Crippen molar-refractivity contribution in [3.8, 4) is 11.4 Å². The van der Waals surface area contributed by atoms with Crippen LogP contribution >= 0.6 is 0 Å². The number of nitrogens with one attached hydrogen (secondary N) is 1. The van der Waals surface area contributed by atoms with Gasteiger partial charge in [-0.3, -0.25) is 9.59 Å². The van der Waals surface area contributed by atoms with Gasteiger partial charge in [-0.2, -0.15) is 0 Å². The molecule has 2 aromatic rings. The molecule has 0 radical (unpaired) electrons. The molecule has 1 aromatic heterocycles. The maximum atomic E-state index is 12.5. The largest absolute Gasteiger partial charge is 0.330 e. The molecule has 1 N–H and O–H groups in total. The second-order valence-electron chi connectivity index (χ2n) is 7.04. The summed E-state index contributed by atoms with van der Waals surface area (Å²) in [7, 11) is 0. The van der Waals surface area contributed by atoms with E-state index >= 15 is 0 Å². The molecule has 7 heteroatoms. The molecular formula is C21H27N5O2. The molecule has 2 heterocycles. The van der Waals surface area contributed by atoms with Crippen LogP contribution in [0.15, 0.2) is 30.9 Å². The van der Waals surface area contributed by atoms with E-state index in [0.717, 1.165) is 54.3 Å². The van der Waals surface area contributed by atoms with E-state index in [2.05, 4.69) is 26.7 Å². The molecule has 0 saturated carbocycles. The quantitative estimate of drug-likeness (QED) is 0.780. The summed E-state index contributed by atoms with van der Waals surface area (Å²) < 4.78 is 2.19. The van der Waals surface area contributed by atoms with Gasteiger partial charge >= 0.3 is 0 Å². The number of benzene rings is 1. The highest BCUT2D eigenvalue weighted by molar-refractivity contribution is 5.97. The van der Waals surface area contributed by atoms with Crippen LogP contribution in [0.3, 0.4) is 0 Å². The van der Waals surface area contributed by atoms with Crippen LogP contribution in [0.25, 0.3) is 11.4 Å². The Morgan fingerprint density at radius 3 is 2.86 bits per heavy atom. The normalized spacial score (nSPS) is 13.4. The van der Waals surface area contributed by atoms with Crippen LogP contribution < -0.4 is 5.32 Å². The number of rotatable bonds is 6. The number of amides is 2. The van der Waals surface area contributed by atoms with Gasteiger partial charge in [0.2, 0.25) is 11.8 Å². The second-order valence-corrected chi connectivity index (χ2v) is 7.04. The summed E-state index contributed by atoms with van der Waals surface area (Å²) in [5.41, 5.74) is 2.59. The van der Waals surface area contributed by atoms with Crippen LogP contribution in [0.1, 0.15) is 37.6 Å². The third-order valence-corrected chi connectivity index (χ3v) is 5.08. The van der Waals surface area contributed by atoms with Crippen LogP contribution in [0, 0.1) is 6.92 Å². The fraction of sp³-hybridized carbons (Fsp3) is 0.429. The number of likely N-dealkylation sites (N-methyl/N-ethyl adjacent to an activating group) is 1. The van der Waals surface area contributed by atoms with Crippen LogP contribution in [0.5, 0.6) is 0 Å². The van der Waals surface area contributed by atoms with E-state index in [4.69, 9.17) is 0 Å². The maximum absolute atomic E-state index is 12.5. The van der Waals surface area contributed by atoms with Gasteiger partial charge in [0.25, 0.3) is 0 Å². The molecule has 0 fully saturated rings. The van der Waals surface area contributed by atoms with Crippen LogP contribution in [0.2, 0.25) is 0 Å². The standard InChI is InChI=1S/C21H27N5O2/c1-4-20(28)25(5-2)14-19(27)22-17-13-16(11-10-15(17)3)21-24-23-18-9-7-6-8-12-26(18)21/h4,10-11,13H,1,5-9,12,14H2,2-3H3,(H,22,27). The van der Waals surface area contributed by atoms with Gasteiger partial charge in [-0.25, -0.2) is 0 Å². The Bertz CT molecular complexity index is 887. The lowest BCUT2D eigenvalue weighted by Crippen LogP contribution is -2.36. The first-order valence-corrected chi connectivity index (χ1v) is 9.77. The van der Waals surface area contributed by atoms with E-state index in [9.17, 15) is 9.59 Å². The van der Waals surface area contributed by atoms with Gasteiger partial charge in [-0.1, -0.05) is 25.1 Å². The lowest BCUT2D eigenvalue weighted by Gasteiger charge is -2.19. The average molecular weight is 381 g/mol. The minimum Gasteiger partial charge on any atom is -0.330 e. The molecule has 1 aliphatic heterocycles. The number of carbonyl (C=O) groups is 2. The van der Waals surface area contributed by atoms with Crippen molar-refractivity contribution in [2.45, 2.75) is 46.1 Å². The Morgan fingerprint density at radius 1 is 1.29 bits per heavy atom. The molecule has 0 unspecified atom stereocenters. The number of hydrogen-bond acceptors (Lipinski definition) is 4. The van der Waals surface area contributed by atoms with Crippen molar-refractivity contribution < 1.29 is 9.59 Å². The number of aromatic nitrogens is 3. The highest BCUT2D eigenvalue weighted by atomic mass is 16.2. The van der Waals surface area contributed by atoms with E-state index in [1.165, 1.54) is 17.4 Å². The first kappa shape index (κ1) is 19.8. The van der Waals surface area contributed by atoms with Crippen LogP contribution in [-0.2, 0) is 22.6 Å². The van der Waals surface area contributed by atoms with Crippen molar-refractivity contribution in [2.75, 3.05) is 18.4 Å². The monoisotopic (exact) mass is 381 g/mol. The van der Waals surface area contributed by atoms with Crippen molar-refractivity contribution in [1.82, 2.24) is 19.7 Å². The molecule has 0 saturated heterocycles. The fourth-order valence-corrected chi connectivity index (χ4v) is 3.43. The van der Waals surface area contributed by atoms with Gasteiger partial charge in [-0.05, 0) is 44.4 Å². The highest BCUT2D eigenvalue weighted by Crippen LogP contribution is 2.27. The lowest BCUT2D eigenvalue weighted by atomic mass is 10.1. The molecule has 1 aromatic carbocycles. The minimum absolute atomic E-state index is 0.00858. The van der Waals surface area contributed by atoms with Gasteiger partial charge in [0.15, 0.2) is 5.82 Å². The topological polar surface area (TPSA) is 80.1 Å². The molecule has 0 spiro atoms. The van der Waals surface area contributed by atoms with Crippen molar-refractivity contribution in [3.63, 3.8) is 0 Å². The highest BCUT2D eigenvalue weighted by Gasteiger charge is 2.18. The van der Waals surface area contributed by atoms with E-state index in [0.29, 0.717) is 6.54 Å². The number of fused-ring (bicyclic) bond motifs is 1. The third kappa shape index (κ3) is 4.30. The van der Waals surface area contributed by atoms with Crippen molar-refractivity contribution in [3.05, 3.63) is 42.2 Å². The molecule has 0 aliphatic carbocycles. The number of anilines is 1. The van der Waals surface area contributed by atoms with Crippen LogP contribution in [-0.4, -0.2) is 44.6 Å². The summed E-state index contributed by atoms with van der Waals surface area (Å²) >= 11 is 0. The molecule has 0 atom stereocenters. The zero-order chi connectivity index (χ0) is 20.1. The van der Waals surface area contributed by atoms with Crippen molar-refractivity contribution >= 4 is 17.5 Å². The molecule has 2 amide bonds. The molecule has 148 valence electrons. The van der Waals surface area contributed by atoms with Gasteiger partial charge < -0.3 is 14.8 Å². The summed E-state index contributed by atoms with van der Waals surface area (Å²) in [6, 6.07) is 5.91. The summed E-state index contributed by atoms with van der Waals surface area (Å²) in [6.45, 7) is 8.61. The summed E-state index contributed by atoms with van der Waals surface area (Å²) in [5.74, 6) is 1.37. The number of aryl methyl sites for hydroxylation is 2. The zero-order valence-electron chi connectivity index (χ0n) is 16.6. The molecule has 7 nitrogen and oxygen atoms in total. The number of carbonyl (C=O) groups excluding carboxylic acids is 2. The Kier molecular flexibility index (Phi) is 6.23. The summed E-state index contributed by atoms with van der Waals surface area (Å²) in [4.78, 5) is 25.7. The number of nitrogens with zero attached hydrogens (tertiary/aromatic N) is 4. The van der Waals surface area contributed by atoms with Gasteiger partial charge in [0.1, 0.15) is 12.4 Å². The average Bonchev–Trinajstić information content (AvgIpc) is 2.95. The Labute approximate surface area is 165 Å². The minimum atomic E-state index is -0.255. The summed E-state index contributed by atoms with van der Waals surface area (Å²) in [5, 5.41) is 11.7. The second kappa shape index (κ2) is 8.82. The Morgan fingerprint density at radius 2 is 2.11 bits per heavy atom. The molecule has 1 aliphatic rings. The van der Waals surface area contributed by atoms with E-state index in [-0.39, 0.29) is 18.4 Å². The first-order chi connectivity index (χ1) is 13.5. The molecule has 28 heavy (non-hydrogen) atoms. The summed E-state index contributed by atoms with van der Waals surface area (Å²) in [6.07, 6.45) is 5.64. The van der Waals surface area contributed by atoms with Gasteiger partial charge in [0.05, 0.1) is 0 Å². The zero-order valence-corrected chi connectivity index (χ0v) is 16.6. The predicted molar refractivity (Wildman–Crippen MR) is 109 cm³/mol. The van der Waals surface area contributed by atoms with Crippen molar-refractivity contribution in [2.24, 2.45) is 0 Å². The van der Waals surface area contributed by atoms with Gasteiger partial charge in [0, 0.05) is 30.8 Å².